The van der Waals surface area contributed by atoms with Crippen molar-refractivity contribution in [3.05, 3.63) is 190 Å². The summed E-state index contributed by atoms with van der Waals surface area (Å²) < 4.78 is 0. The minimum atomic E-state index is 0.301. The van der Waals surface area contributed by atoms with Crippen molar-refractivity contribution in [2.45, 2.75) is 108 Å². The standard InChI is InChI=1S/C54H56N2/c1-4-15-37(16-5-1)40-27-30-44(31-28-40)55-51-25-12-11-22-48(51)50-36-41(29-32-53(50)55)46-23-14-24-49-47-21-10-13-26-52(47)56(54(46)49)45-34-42(38-17-6-2-7-18-38)33-43(35-45)39-19-8-3-9-20-39/h2-3,6-8,10-11,13-15,17,19,21-24,26-27,30,33-36,38,47-49,51-52,54H,1,4-5,9,12,16,18,20,25,28-29,31-32H2. The van der Waals surface area contributed by atoms with Crippen LogP contribution in [0.2, 0.25) is 0 Å². The summed E-state index contributed by atoms with van der Waals surface area (Å²) in [5.74, 6) is 1.79. The Morgan fingerprint density at radius 1 is 0.589 bits per heavy atom. The van der Waals surface area contributed by atoms with Crippen LogP contribution in [0.15, 0.2) is 179 Å². The first kappa shape index (κ1) is 34.4. The van der Waals surface area contributed by atoms with Crippen LogP contribution < -0.4 is 4.90 Å². The average molecular weight is 733 g/mol. The molecular weight excluding hydrogens is 677 g/mol. The number of fused-ring (bicyclic) bond motifs is 5. The second-order valence-corrected chi connectivity index (χ2v) is 17.8. The van der Waals surface area contributed by atoms with Crippen molar-refractivity contribution in [1.29, 1.82) is 0 Å². The molecule has 1 aromatic carbocycles. The summed E-state index contributed by atoms with van der Waals surface area (Å²) in [6, 6.07) is 8.80. The molecule has 1 aromatic rings. The highest BCUT2D eigenvalue weighted by Crippen LogP contribution is 2.53. The number of hydrogen-bond donors (Lipinski definition) is 0. The Labute approximate surface area is 335 Å². The second-order valence-electron chi connectivity index (χ2n) is 17.8. The molecule has 0 spiro atoms. The fourth-order valence-corrected chi connectivity index (χ4v) is 12.0. The van der Waals surface area contributed by atoms with Gasteiger partial charge in [-0.1, -0.05) is 122 Å². The van der Waals surface area contributed by atoms with Gasteiger partial charge in [0.05, 0.1) is 12.1 Å². The van der Waals surface area contributed by atoms with E-state index in [1.807, 2.05) is 0 Å². The molecule has 1 fully saturated rings. The van der Waals surface area contributed by atoms with Crippen LogP contribution in [0.1, 0.15) is 101 Å². The normalized spacial score (nSPS) is 32.6. The lowest BCUT2D eigenvalue weighted by molar-refractivity contribution is 0.275. The Morgan fingerprint density at radius 2 is 1.52 bits per heavy atom. The van der Waals surface area contributed by atoms with Gasteiger partial charge < -0.3 is 9.80 Å². The third-order valence-electron chi connectivity index (χ3n) is 14.7. The molecular formula is C54H56N2. The van der Waals surface area contributed by atoms with Crippen LogP contribution in [0.4, 0.5) is 5.69 Å². The zero-order valence-corrected chi connectivity index (χ0v) is 32.9. The maximum absolute atomic E-state index is 2.85. The van der Waals surface area contributed by atoms with Crippen molar-refractivity contribution in [3.8, 4) is 0 Å². The molecule has 0 saturated carbocycles. The van der Waals surface area contributed by atoms with Crippen LogP contribution in [-0.4, -0.2) is 23.0 Å². The van der Waals surface area contributed by atoms with Gasteiger partial charge in [-0.25, -0.2) is 0 Å². The zero-order valence-electron chi connectivity index (χ0n) is 32.9. The van der Waals surface area contributed by atoms with Crippen molar-refractivity contribution in [1.82, 2.24) is 4.90 Å². The summed E-state index contributed by atoms with van der Waals surface area (Å²) >= 11 is 0. The molecule has 0 radical (unpaired) electrons. The summed E-state index contributed by atoms with van der Waals surface area (Å²) in [7, 11) is 0. The zero-order chi connectivity index (χ0) is 37.0. The average Bonchev–Trinajstić information content (AvgIpc) is 3.80. The van der Waals surface area contributed by atoms with Crippen LogP contribution in [0.25, 0.3) is 5.57 Å². The van der Waals surface area contributed by atoms with Crippen LogP contribution in [0, 0.1) is 17.8 Å². The third kappa shape index (κ3) is 5.98. The highest BCUT2D eigenvalue weighted by molar-refractivity contribution is 5.74. The molecule has 282 valence electrons. The molecule has 0 bridgehead atoms. The van der Waals surface area contributed by atoms with Gasteiger partial charge in [0.25, 0.3) is 0 Å². The highest BCUT2D eigenvalue weighted by atomic mass is 15.2. The molecule has 1 saturated heterocycles. The van der Waals surface area contributed by atoms with Crippen molar-refractivity contribution < 1.29 is 0 Å². The van der Waals surface area contributed by atoms with Gasteiger partial charge in [-0.2, -0.15) is 0 Å². The molecule has 0 N–H and O–H groups in total. The largest absolute Gasteiger partial charge is 0.357 e. The van der Waals surface area contributed by atoms with E-state index in [-0.39, 0.29) is 0 Å². The van der Waals surface area contributed by atoms with Gasteiger partial charge in [0, 0.05) is 46.8 Å². The van der Waals surface area contributed by atoms with E-state index in [1.165, 1.54) is 73.8 Å². The van der Waals surface area contributed by atoms with Crippen molar-refractivity contribution in [2.75, 3.05) is 4.90 Å². The molecule has 7 unspecified atom stereocenters. The number of nitrogens with zero attached hydrogens (tertiary/aromatic N) is 2. The first-order valence-electron chi connectivity index (χ1n) is 22.1. The lowest BCUT2D eigenvalue weighted by Gasteiger charge is -2.38. The van der Waals surface area contributed by atoms with Crippen molar-refractivity contribution in [3.63, 3.8) is 0 Å². The number of benzene rings is 1. The molecule has 0 amide bonds. The van der Waals surface area contributed by atoms with Crippen LogP contribution in [0.3, 0.4) is 0 Å². The Morgan fingerprint density at radius 3 is 2.38 bits per heavy atom. The molecule has 2 heterocycles. The third-order valence-corrected chi connectivity index (χ3v) is 14.7. The quantitative estimate of drug-likeness (QED) is 0.269. The van der Waals surface area contributed by atoms with Gasteiger partial charge in [0.2, 0.25) is 0 Å². The number of anilines is 1. The summed E-state index contributed by atoms with van der Waals surface area (Å²) in [5.41, 5.74) is 16.8. The number of allylic oxidation sites excluding steroid dienone is 21. The molecule has 56 heavy (non-hydrogen) atoms. The van der Waals surface area contributed by atoms with E-state index in [0.717, 1.165) is 32.1 Å². The van der Waals surface area contributed by atoms with Gasteiger partial charge in [0.1, 0.15) is 0 Å². The van der Waals surface area contributed by atoms with E-state index in [0.29, 0.717) is 41.8 Å². The molecule has 2 heteroatoms. The van der Waals surface area contributed by atoms with Crippen LogP contribution in [-0.2, 0) is 0 Å². The van der Waals surface area contributed by atoms with Gasteiger partial charge in [-0.05, 0) is 146 Å². The minimum Gasteiger partial charge on any atom is -0.357 e. The van der Waals surface area contributed by atoms with Gasteiger partial charge in [-0.3, -0.25) is 0 Å². The van der Waals surface area contributed by atoms with E-state index >= 15 is 0 Å². The Kier molecular flexibility index (Phi) is 8.98. The predicted molar refractivity (Wildman–Crippen MR) is 235 cm³/mol. The maximum Gasteiger partial charge on any atom is 0.0620 e. The monoisotopic (exact) mass is 732 g/mol. The van der Waals surface area contributed by atoms with E-state index in [1.54, 1.807) is 39.3 Å². The van der Waals surface area contributed by atoms with Gasteiger partial charge in [-0.15, -0.1) is 0 Å². The molecule has 2 nitrogen and oxygen atoms in total. The van der Waals surface area contributed by atoms with Crippen LogP contribution >= 0.6 is 0 Å². The van der Waals surface area contributed by atoms with Crippen molar-refractivity contribution in [2.24, 2.45) is 17.8 Å². The smallest absolute Gasteiger partial charge is 0.0620 e. The molecule has 10 aliphatic rings. The Balaban J connectivity index is 0.980. The summed E-state index contributed by atoms with van der Waals surface area (Å²) in [4.78, 5) is 5.70. The lowest BCUT2D eigenvalue weighted by atomic mass is 9.76. The molecule has 7 atom stereocenters. The van der Waals surface area contributed by atoms with E-state index in [9.17, 15) is 0 Å². The van der Waals surface area contributed by atoms with Crippen molar-refractivity contribution >= 4 is 11.3 Å². The van der Waals surface area contributed by atoms with Crippen LogP contribution in [0.5, 0.6) is 0 Å². The lowest BCUT2D eigenvalue weighted by Crippen LogP contribution is -2.40. The predicted octanol–water partition coefficient (Wildman–Crippen LogP) is 13.2. The SMILES string of the molecule is C1=CCCC(c2cc(C3C=CC=CC3)cc(N3C4C=CC=CC4C4C=CC=C(C5=CC6=C(CC5)N(C5=CC=C(C7=CCCCC7)CC5)C5CCC=CC65)C43)c2)=C1. The number of hydrogen-bond acceptors (Lipinski definition) is 2. The Hall–Kier alpha value is -4.82. The molecule has 2 aliphatic heterocycles. The summed E-state index contributed by atoms with van der Waals surface area (Å²) in [6.07, 6.45) is 64.0. The maximum atomic E-state index is 2.85. The Bertz CT molecular complexity index is 2240. The molecule has 11 rings (SSSR count). The first-order valence-corrected chi connectivity index (χ1v) is 22.1. The minimum absolute atomic E-state index is 0.301. The number of rotatable bonds is 6. The molecule has 8 aliphatic carbocycles. The summed E-state index contributed by atoms with van der Waals surface area (Å²) in [5, 5.41) is 0. The highest BCUT2D eigenvalue weighted by Gasteiger charge is 2.50. The van der Waals surface area contributed by atoms with Gasteiger partial charge in [0.15, 0.2) is 0 Å². The van der Waals surface area contributed by atoms with E-state index < -0.39 is 0 Å². The molecule has 0 aromatic heterocycles. The summed E-state index contributed by atoms with van der Waals surface area (Å²) in [6.45, 7) is 0. The van der Waals surface area contributed by atoms with E-state index in [4.69, 9.17) is 0 Å². The first-order chi connectivity index (χ1) is 27.8. The second kappa shape index (κ2) is 14.6. The topological polar surface area (TPSA) is 6.48 Å². The fourth-order valence-electron chi connectivity index (χ4n) is 12.0. The van der Waals surface area contributed by atoms with E-state index in [2.05, 4.69) is 150 Å². The fraction of sp³-hybridized carbons (Fsp3) is 0.370. The van der Waals surface area contributed by atoms with Gasteiger partial charge >= 0.3 is 0 Å².